The molecule has 0 aromatic heterocycles. The van der Waals surface area contributed by atoms with Crippen LogP contribution in [0.2, 0.25) is 0 Å². The van der Waals surface area contributed by atoms with Crippen molar-refractivity contribution in [3.05, 3.63) is 30.1 Å². The molecule has 1 aromatic carbocycles. The zero-order valence-electron chi connectivity index (χ0n) is 11.0. The maximum absolute atomic E-state index is 12.9. The van der Waals surface area contributed by atoms with Gasteiger partial charge in [0.1, 0.15) is 5.82 Å². The lowest BCUT2D eigenvalue weighted by molar-refractivity contribution is 0.355. The van der Waals surface area contributed by atoms with E-state index in [-0.39, 0.29) is 22.5 Å². The number of sulfonamides is 1. The molecule has 1 fully saturated rings. The molecule has 1 saturated carbocycles. The van der Waals surface area contributed by atoms with Crippen LogP contribution < -0.4 is 5.73 Å². The molecule has 1 aliphatic rings. The minimum atomic E-state index is -3.70. The first-order chi connectivity index (χ1) is 9.41. The highest BCUT2D eigenvalue weighted by Crippen LogP contribution is 2.28. The van der Waals surface area contributed by atoms with Crippen LogP contribution in [0.3, 0.4) is 0 Å². The van der Waals surface area contributed by atoms with Gasteiger partial charge in [0, 0.05) is 6.04 Å². The smallest absolute Gasteiger partial charge is 0.243 e. The Kier molecular flexibility index (Phi) is 4.72. The first-order valence-corrected chi connectivity index (χ1v) is 8.32. The van der Waals surface area contributed by atoms with Crippen LogP contribution in [0.4, 0.5) is 4.39 Å². The monoisotopic (exact) mass is 316 g/mol. The number of halogens is 1. The van der Waals surface area contributed by atoms with Crippen LogP contribution >= 0.6 is 12.2 Å². The predicted molar refractivity (Wildman–Crippen MR) is 79.3 cm³/mol. The van der Waals surface area contributed by atoms with E-state index in [0.29, 0.717) is 0 Å². The predicted octanol–water partition coefficient (Wildman–Crippen LogP) is 2.05. The highest BCUT2D eigenvalue weighted by Gasteiger charge is 2.33. The molecule has 0 amide bonds. The van der Waals surface area contributed by atoms with E-state index in [1.807, 2.05) is 0 Å². The Hall–Kier alpha value is -1.05. The second kappa shape index (κ2) is 6.15. The summed E-state index contributed by atoms with van der Waals surface area (Å²) >= 11 is 4.86. The standard InChI is InChI=1S/C13H17FN2O2S2/c14-10-5-7-12(8-6-10)20(17,18)16(9-13(15)19)11-3-1-2-4-11/h5-8,11H,1-4,9H2,(H2,15,19). The molecule has 2 N–H and O–H groups in total. The highest BCUT2D eigenvalue weighted by molar-refractivity contribution is 7.89. The lowest BCUT2D eigenvalue weighted by atomic mass is 10.2. The van der Waals surface area contributed by atoms with Gasteiger partial charge in [-0.3, -0.25) is 0 Å². The fourth-order valence-corrected chi connectivity index (χ4v) is 4.38. The van der Waals surface area contributed by atoms with Crippen molar-refractivity contribution in [2.24, 2.45) is 5.73 Å². The Morgan fingerprint density at radius 3 is 2.35 bits per heavy atom. The number of rotatable bonds is 5. The molecular formula is C13H17FN2O2S2. The number of hydrogen-bond donors (Lipinski definition) is 1. The number of hydrogen-bond acceptors (Lipinski definition) is 3. The summed E-state index contributed by atoms with van der Waals surface area (Å²) in [6.07, 6.45) is 3.61. The normalized spacial score (nSPS) is 16.7. The van der Waals surface area contributed by atoms with Crippen molar-refractivity contribution in [3.63, 3.8) is 0 Å². The van der Waals surface area contributed by atoms with Crippen molar-refractivity contribution in [2.75, 3.05) is 6.54 Å². The molecule has 7 heteroatoms. The average Bonchev–Trinajstić information content (AvgIpc) is 2.89. The van der Waals surface area contributed by atoms with Crippen molar-refractivity contribution in [2.45, 2.75) is 36.6 Å². The Bertz CT molecular complexity index is 581. The molecular weight excluding hydrogens is 299 g/mol. The summed E-state index contributed by atoms with van der Waals surface area (Å²) in [5.74, 6) is -0.467. The van der Waals surface area contributed by atoms with Crippen LogP contribution in [0.15, 0.2) is 29.2 Å². The molecule has 110 valence electrons. The van der Waals surface area contributed by atoms with Crippen LogP contribution in [-0.4, -0.2) is 30.3 Å². The van der Waals surface area contributed by atoms with Gasteiger partial charge in [0.2, 0.25) is 10.0 Å². The quantitative estimate of drug-likeness (QED) is 0.845. The minimum Gasteiger partial charge on any atom is -0.392 e. The molecule has 1 aliphatic carbocycles. The van der Waals surface area contributed by atoms with Gasteiger partial charge >= 0.3 is 0 Å². The van der Waals surface area contributed by atoms with E-state index in [4.69, 9.17) is 18.0 Å². The minimum absolute atomic E-state index is 0.0275. The number of thiocarbonyl (C=S) groups is 1. The van der Waals surface area contributed by atoms with Crippen molar-refractivity contribution >= 4 is 27.2 Å². The Balaban J connectivity index is 2.34. The van der Waals surface area contributed by atoms with Gasteiger partial charge in [-0.2, -0.15) is 4.31 Å². The van der Waals surface area contributed by atoms with Gasteiger partial charge in [0.05, 0.1) is 16.4 Å². The molecule has 0 saturated heterocycles. The number of benzene rings is 1. The van der Waals surface area contributed by atoms with Crippen molar-refractivity contribution in [1.82, 2.24) is 4.31 Å². The van der Waals surface area contributed by atoms with Crippen molar-refractivity contribution < 1.29 is 12.8 Å². The SMILES string of the molecule is NC(=S)CN(C1CCCC1)S(=O)(=O)c1ccc(F)cc1. The topological polar surface area (TPSA) is 63.4 Å². The molecule has 4 nitrogen and oxygen atoms in total. The van der Waals surface area contributed by atoms with Gasteiger partial charge in [0.15, 0.2) is 0 Å². The molecule has 1 aromatic rings. The van der Waals surface area contributed by atoms with E-state index >= 15 is 0 Å². The van der Waals surface area contributed by atoms with Gasteiger partial charge in [-0.15, -0.1) is 0 Å². The van der Waals surface area contributed by atoms with E-state index in [9.17, 15) is 12.8 Å². The van der Waals surface area contributed by atoms with Crippen LogP contribution in [0, 0.1) is 5.82 Å². The zero-order valence-corrected chi connectivity index (χ0v) is 12.6. The summed E-state index contributed by atoms with van der Waals surface area (Å²) in [4.78, 5) is 0.213. The van der Waals surface area contributed by atoms with Crippen LogP contribution in [0.5, 0.6) is 0 Å². The second-order valence-corrected chi connectivity index (χ2v) is 7.32. The number of nitrogens with zero attached hydrogens (tertiary/aromatic N) is 1. The Labute approximate surface area is 123 Å². The van der Waals surface area contributed by atoms with Crippen LogP contribution in [0.1, 0.15) is 25.7 Å². The van der Waals surface area contributed by atoms with Gasteiger partial charge in [0.25, 0.3) is 0 Å². The fourth-order valence-electron chi connectivity index (χ4n) is 2.50. The van der Waals surface area contributed by atoms with E-state index in [1.54, 1.807) is 0 Å². The molecule has 0 bridgehead atoms. The first-order valence-electron chi connectivity index (χ1n) is 6.47. The highest BCUT2D eigenvalue weighted by atomic mass is 32.2. The zero-order chi connectivity index (χ0) is 14.8. The largest absolute Gasteiger partial charge is 0.392 e. The average molecular weight is 316 g/mol. The van der Waals surface area contributed by atoms with Crippen LogP contribution in [-0.2, 0) is 10.0 Å². The van der Waals surface area contributed by atoms with Gasteiger partial charge in [-0.05, 0) is 37.1 Å². The first kappa shape index (κ1) is 15.3. The maximum atomic E-state index is 12.9. The Morgan fingerprint density at radius 2 is 1.85 bits per heavy atom. The summed E-state index contributed by atoms with van der Waals surface area (Å²) in [5, 5.41) is 0. The second-order valence-electron chi connectivity index (χ2n) is 4.91. The van der Waals surface area contributed by atoms with Crippen LogP contribution in [0.25, 0.3) is 0 Å². The lowest BCUT2D eigenvalue weighted by Crippen LogP contribution is -2.43. The third kappa shape index (κ3) is 3.34. The Morgan fingerprint density at radius 1 is 1.30 bits per heavy atom. The van der Waals surface area contributed by atoms with Crippen molar-refractivity contribution in [1.29, 1.82) is 0 Å². The third-order valence-electron chi connectivity index (χ3n) is 3.46. The van der Waals surface area contributed by atoms with Gasteiger partial charge in [-0.25, -0.2) is 12.8 Å². The molecule has 0 unspecified atom stereocenters. The molecule has 20 heavy (non-hydrogen) atoms. The molecule has 0 radical (unpaired) electrons. The number of nitrogens with two attached hydrogens (primary N) is 1. The van der Waals surface area contributed by atoms with Crippen molar-refractivity contribution in [3.8, 4) is 0 Å². The summed E-state index contributed by atoms with van der Waals surface area (Å²) in [6, 6.07) is 4.74. The molecule has 0 atom stereocenters. The van der Waals surface area contributed by atoms with E-state index in [1.165, 1.54) is 16.4 Å². The van der Waals surface area contributed by atoms with E-state index in [2.05, 4.69) is 0 Å². The summed E-state index contributed by atoms with van der Waals surface area (Å²) in [6.45, 7) is 0.0275. The maximum Gasteiger partial charge on any atom is 0.243 e. The van der Waals surface area contributed by atoms with E-state index < -0.39 is 15.8 Å². The summed E-state index contributed by atoms with van der Waals surface area (Å²) in [7, 11) is -3.70. The molecule has 2 rings (SSSR count). The fraction of sp³-hybridized carbons (Fsp3) is 0.462. The summed E-state index contributed by atoms with van der Waals surface area (Å²) < 4.78 is 39.6. The van der Waals surface area contributed by atoms with Gasteiger partial charge < -0.3 is 5.73 Å². The third-order valence-corrected chi connectivity index (χ3v) is 5.51. The molecule has 0 aliphatic heterocycles. The molecule has 0 spiro atoms. The van der Waals surface area contributed by atoms with Gasteiger partial charge in [-0.1, -0.05) is 25.1 Å². The summed E-state index contributed by atoms with van der Waals surface area (Å²) in [5.41, 5.74) is 5.53. The molecule has 0 heterocycles. The van der Waals surface area contributed by atoms with E-state index in [0.717, 1.165) is 37.8 Å². The lowest BCUT2D eigenvalue weighted by Gasteiger charge is -2.27.